The standard InChI is InChI=1S/C24H39N3O5/c1-30-14-13-27(24(29)20-6-8-22(31-2)9-7-20)19-23-18-26(12-15-32-23)17-21(28)16-25-10-4-3-5-11-25/h6-9,21,23,28H,3-5,10-19H2,1-2H3/t21-,23-/m1/s1. The number of likely N-dealkylation sites (tertiary alicyclic amines) is 1. The Kier molecular flexibility index (Phi) is 10.2. The maximum absolute atomic E-state index is 13.1. The summed E-state index contributed by atoms with van der Waals surface area (Å²) in [7, 11) is 3.25. The zero-order chi connectivity index (χ0) is 22.8. The van der Waals surface area contributed by atoms with Crippen molar-refractivity contribution < 1.29 is 24.1 Å². The normalized spacial score (nSPS) is 21.3. The maximum atomic E-state index is 13.1. The molecule has 180 valence electrons. The van der Waals surface area contributed by atoms with Crippen LogP contribution in [-0.4, -0.2) is 118 Å². The number of hydrogen-bond donors (Lipinski definition) is 1. The van der Waals surface area contributed by atoms with Crippen molar-refractivity contribution in [3.8, 4) is 5.75 Å². The van der Waals surface area contributed by atoms with Crippen LogP contribution in [0, 0.1) is 0 Å². The van der Waals surface area contributed by atoms with Crippen molar-refractivity contribution in [3.05, 3.63) is 29.8 Å². The Morgan fingerprint density at radius 2 is 1.84 bits per heavy atom. The average molecular weight is 450 g/mol. The summed E-state index contributed by atoms with van der Waals surface area (Å²) in [6.07, 6.45) is 3.30. The SMILES string of the molecule is COCCN(C[C@H]1CN(C[C@H](O)CN2CCCCC2)CCO1)C(=O)c1ccc(OC)cc1. The quantitative estimate of drug-likeness (QED) is 0.546. The molecular formula is C24H39N3O5. The van der Waals surface area contributed by atoms with Gasteiger partial charge in [-0.1, -0.05) is 6.42 Å². The first kappa shape index (κ1) is 24.9. The van der Waals surface area contributed by atoms with Crippen LogP contribution in [0.2, 0.25) is 0 Å². The summed E-state index contributed by atoms with van der Waals surface area (Å²) < 4.78 is 16.4. The Balaban J connectivity index is 1.53. The molecule has 2 aliphatic rings. The van der Waals surface area contributed by atoms with Gasteiger partial charge in [-0.15, -0.1) is 0 Å². The first-order valence-corrected chi connectivity index (χ1v) is 11.8. The van der Waals surface area contributed by atoms with Crippen molar-refractivity contribution in [2.45, 2.75) is 31.5 Å². The van der Waals surface area contributed by atoms with Gasteiger partial charge in [-0.2, -0.15) is 0 Å². The lowest BCUT2D eigenvalue weighted by molar-refractivity contribution is -0.0541. The lowest BCUT2D eigenvalue weighted by atomic mass is 10.1. The molecule has 0 spiro atoms. The van der Waals surface area contributed by atoms with Crippen LogP contribution in [0.4, 0.5) is 0 Å². The van der Waals surface area contributed by atoms with Gasteiger partial charge in [0.15, 0.2) is 0 Å². The Morgan fingerprint density at radius 1 is 1.12 bits per heavy atom. The zero-order valence-corrected chi connectivity index (χ0v) is 19.6. The van der Waals surface area contributed by atoms with Gasteiger partial charge in [0.2, 0.25) is 0 Å². The molecule has 2 fully saturated rings. The van der Waals surface area contributed by atoms with Crippen molar-refractivity contribution >= 4 is 5.91 Å². The molecule has 1 aromatic rings. The summed E-state index contributed by atoms with van der Waals surface area (Å²) in [6.45, 7) is 7.12. The number of hydrogen-bond acceptors (Lipinski definition) is 7. The lowest BCUT2D eigenvalue weighted by Gasteiger charge is -2.37. The van der Waals surface area contributed by atoms with Crippen molar-refractivity contribution in [1.82, 2.24) is 14.7 Å². The molecule has 1 amide bonds. The average Bonchev–Trinajstić information content (AvgIpc) is 2.82. The first-order chi connectivity index (χ1) is 15.6. The molecule has 8 nitrogen and oxygen atoms in total. The van der Waals surface area contributed by atoms with Gasteiger partial charge in [-0.05, 0) is 50.2 Å². The van der Waals surface area contributed by atoms with Crippen LogP contribution >= 0.6 is 0 Å². The van der Waals surface area contributed by atoms with Gasteiger partial charge in [-0.25, -0.2) is 0 Å². The molecule has 1 aromatic carbocycles. The number of carbonyl (C=O) groups excluding carboxylic acids is 1. The van der Waals surface area contributed by atoms with Gasteiger partial charge in [0.1, 0.15) is 5.75 Å². The predicted octanol–water partition coefficient (Wildman–Crippen LogP) is 1.33. The number of methoxy groups -OCH3 is 2. The largest absolute Gasteiger partial charge is 0.497 e. The number of morpholine rings is 1. The number of aliphatic hydroxyl groups is 1. The van der Waals surface area contributed by atoms with Gasteiger partial charge in [-0.3, -0.25) is 9.69 Å². The number of rotatable bonds is 11. The van der Waals surface area contributed by atoms with E-state index < -0.39 is 0 Å². The molecule has 3 rings (SSSR count). The van der Waals surface area contributed by atoms with E-state index in [2.05, 4.69) is 9.80 Å². The summed E-state index contributed by atoms with van der Waals surface area (Å²) in [6, 6.07) is 7.16. The molecular weight excluding hydrogens is 410 g/mol. The summed E-state index contributed by atoms with van der Waals surface area (Å²) >= 11 is 0. The molecule has 2 heterocycles. The van der Waals surface area contributed by atoms with E-state index in [1.807, 2.05) is 0 Å². The highest BCUT2D eigenvalue weighted by Gasteiger charge is 2.27. The second-order valence-electron chi connectivity index (χ2n) is 8.74. The smallest absolute Gasteiger partial charge is 0.254 e. The van der Waals surface area contributed by atoms with E-state index in [-0.39, 0.29) is 18.1 Å². The molecule has 2 aliphatic heterocycles. The van der Waals surface area contributed by atoms with Crippen molar-refractivity contribution in [3.63, 3.8) is 0 Å². The molecule has 1 N–H and O–H groups in total. The first-order valence-electron chi connectivity index (χ1n) is 11.8. The molecule has 0 saturated carbocycles. The third-order valence-electron chi connectivity index (χ3n) is 6.22. The number of nitrogens with zero attached hydrogens (tertiary/aromatic N) is 3. The van der Waals surface area contributed by atoms with Gasteiger partial charge < -0.3 is 29.1 Å². The van der Waals surface area contributed by atoms with Crippen LogP contribution in [0.1, 0.15) is 29.6 Å². The molecule has 0 bridgehead atoms. The molecule has 2 saturated heterocycles. The van der Waals surface area contributed by atoms with Gasteiger partial charge in [0, 0.05) is 51.9 Å². The summed E-state index contributed by atoms with van der Waals surface area (Å²) in [5.41, 5.74) is 0.617. The van der Waals surface area contributed by atoms with E-state index in [0.717, 1.165) is 31.9 Å². The second kappa shape index (κ2) is 13.1. The lowest BCUT2D eigenvalue weighted by Crippen LogP contribution is -2.52. The number of carbonyl (C=O) groups is 1. The van der Waals surface area contributed by atoms with E-state index in [1.54, 1.807) is 43.4 Å². The molecule has 0 radical (unpaired) electrons. The number of benzene rings is 1. The minimum absolute atomic E-state index is 0.0458. The van der Waals surface area contributed by atoms with Crippen LogP contribution < -0.4 is 4.74 Å². The Hall–Kier alpha value is -1.71. The Morgan fingerprint density at radius 3 is 2.53 bits per heavy atom. The van der Waals surface area contributed by atoms with Gasteiger partial charge >= 0.3 is 0 Å². The third-order valence-corrected chi connectivity index (χ3v) is 6.22. The van der Waals surface area contributed by atoms with Gasteiger partial charge in [0.05, 0.1) is 32.5 Å². The second-order valence-corrected chi connectivity index (χ2v) is 8.74. The van der Waals surface area contributed by atoms with E-state index in [0.29, 0.717) is 45.0 Å². The Labute approximate surface area is 192 Å². The molecule has 0 aromatic heterocycles. The fourth-order valence-electron chi connectivity index (χ4n) is 4.49. The molecule has 2 atom stereocenters. The highest BCUT2D eigenvalue weighted by atomic mass is 16.5. The fraction of sp³-hybridized carbons (Fsp3) is 0.708. The van der Waals surface area contributed by atoms with E-state index in [1.165, 1.54) is 19.3 Å². The topological polar surface area (TPSA) is 74.7 Å². The molecule has 32 heavy (non-hydrogen) atoms. The fourth-order valence-corrected chi connectivity index (χ4v) is 4.49. The van der Waals surface area contributed by atoms with Crippen LogP contribution in [0.15, 0.2) is 24.3 Å². The van der Waals surface area contributed by atoms with Crippen molar-refractivity contribution in [2.24, 2.45) is 0 Å². The highest BCUT2D eigenvalue weighted by Crippen LogP contribution is 2.15. The van der Waals surface area contributed by atoms with E-state index in [9.17, 15) is 9.90 Å². The number of aliphatic hydroxyl groups excluding tert-OH is 1. The number of piperidine rings is 1. The number of amides is 1. The molecule has 8 heteroatoms. The highest BCUT2D eigenvalue weighted by molar-refractivity contribution is 5.94. The summed E-state index contributed by atoms with van der Waals surface area (Å²) in [4.78, 5) is 19.5. The number of ether oxygens (including phenoxy) is 3. The minimum Gasteiger partial charge on any atom is -0.497 e. The minimum atomic E-state index is -0.364. The van der Waals surface area contributed by atoms with E-state index in [4.69, 9.17) is 14.2 Å². The van der Waals surface area contributed by atoms with Crippen LogP contribution in [0.5, 0.6) is 5.75 Å². The third kappa shape index (κ3) is 7.71. The monoisotopic (exact) mass is 449 g/mol. The van der Waals surface area contributed by atoms with E-state index >= 15 is 0 Å². The maximum Gasteiger partial charge on any atom is 0.254 e. The van der Waals surface area contributed by atoms with Crippen LogP contribution in [0.25, 0.3) is 0 Å². The van der Waals surface area contributed by atoms with Crippen molar-refractivity contribution in [1.29, 1.82) is 0 Å². The molecule has 0 aliphatic carbocycles. The summed E-state index contributed by atoms with van der Waals surface area (Å²) in [5.74, 6) is 0.676. The van der Waals surface area contributed by atoms with Gasteiger partial charge in [0.25, 0.3) is 5.91 Å². The number of β-amino-alcohol motifs (C(OH)–C–C–N with tert-alkyl or cyclic N) is 1. The van der Waals surface area contributed by atoms with Crippen molar-refractivity contribution in [2.75, 3.05) is 79.8 Å². The van der Waals surface area contributed by atoms with Crippen LogP contribution in [-0.2, 0) is 9.47 Å². The zero-order valence-electron chi connectivity index (χ0n) is 19.6. The molecule has 0 unspecified atom stereocenters. The summed E-state index contributed by atoms with van der Waals surface area (Å²) in [5, 5.41) is 10.6. The predicted molar refractivity (Wildman–Crippen MR) is 123 cm³/mol. The Bertz CT molecular complexity index is 681. The van der Waals surface area contributed by atoms with Crippen LogP contribution in [0.3, 0.4) is 0 Å².